The molecule has 1 aliphatic carbocycles. The van der Waals surface area contributed by atoms with Gasteiger partial charge in [0.1, 0.15) is 0 Å². The molecule has 2 unspecified atom stereocenters. The molecule has 5 heteroatoms. The first kappa shape index (κ1) is 9.58. The van der Waals surface area contributed by atoms with Gasteiger partial charge in [-0.25, -0.2) is 4.79 Å². The highest BCUT2D eigenvalue weighted by Crippen LogP contribution is 2.39. The van der Waals surface area contributed by atoms with E-state index in [1.807, 2.05) is 17.8 Å². The lowest BCUT2D eigenvalue weighted by molar-refractivity contribution is 0.250. The third kappa shape index (κ3) is 1.64. The first-order chi connectivity index (χ1) is 6.68. The smallest absolute Gasteiger partial charge is 0.316 e. The van der Waals surface area contributed by atoms with E-state index in [4.69, 9.17) is 11.1 Å². The van der Waals surface area contributed by atoms with Gasteiger partial charge < -0.3 is 16.5 Å². The Labute approximate surface area is 86.8 Å². The van der Waals surface area contributed by atoms with Gasteiger partial charge >= 0.3 is 6.03 Å². The van der Waals surface area contributed by atoms with Crippen molar-refractivity contribution in [3.05, 3.63) is 11.8 Å². The lowest BCUT2D eigenvalue weighted by Gasteiger charge is -2.26. The molecule has 1 saturated heterocycles. The lowest BCUT2D eigenvalue weighted by Crippen LogP contribution is -2.38. The average molecular weight is 211 g/mol. The van der Waals surface area contributed by atoms with Crippen molar-refractivity contribution in [2.24, 2.45) is 11.7 Å². The van der Waals surface area contributed by atoms with E-state index >= 15 is 0 Å². The second kappa shape index (κ2) is 3.65. The Bertz CT molecular complexity index is 313. The first-order valence-electron chi connectivity index (χ1n) is 4.64. The monoisotopic (exact) mass is 211 g/mol. The third-order valence-electron chi connectivity index (χ3n) is 2.64. The van der Waals surface area contributed by atoms with Crippen LogP contribution in [0.2, 0.25) is 0 Å². The van der Waals surface area contributed by atoms with Crippen LogP contribution in [-0.4, -0.2) is 22.7 Å². The third-order valence-corrected chi connectivity index (χ3v) is 4.09. The molecule has 1 aliphatic heterocycles. The molecule has 0 aromatic rings. The number of nitrogens with one attached hydrogen (secondary N) is 2. The normalized spacial score (nSPS) is 30.9. The molecule has 0 radical (unpaired) electrons. The van der Waals surface area contributed by atoms with E-state index in [9.17, 15) is 4.79 Å². The van der Waals surface area contributed by atoms with E-state index in [-0.39, 0.29) is 5.25 Å². The standard InChI is InChI=1S/C9H13N3OS/c10-6-1-2-7(12-9(11)13)5-3-4-14-8(5)6/h2,5,8,10H,1,3-4H2,(H3,11,12,13). The summed E-state index contributed by atoms with van der Waals surface area (Å²) < 4.78 is 0. The van der Waals surface area contributed by atoms with Crippen molar-refractivity contribution in [3.8, 4) is 0 Å². The molecule has 0 aromatic carbocycles. The molecule has 1 heterocycles. The Balaban J connectivity index is 2.17. The van der Waals surface area contributed by atoms with Crippen LogP contribution < -0.4 is 11.1 Å². The maximum atomic E-state index is 10.7. The van der Waals surface area contributed by atoms with E-state index in [2.05, 4.69) is 5.32 Å². The summed E-state index contributed by atoms with van der Waals surface area (Å²) in [6.45, 7) is 0. The summed E-state index contributed by atoms with van der Waals surface area (Å²) in [5.74, 6) is 1.36. The number of nitrogens with two attached hydrogens (primary N) is 1. The van der Waals surface area contributed by atoms with Crippen LogP contribution in [-0.2, 0) is 0 Å². The SMILES string of the molecule is N=C1CC=C(NC(N)=O)C2CCSC12. The molecule has 0 saturated carbocycles. The summed E-state index contributed by atoms with van der Waals surface area (Å²) in [6, 6.07) is -0.500. The van der Waals surface area contributed by atoms with Gasteiger partial charge in [-0.2, -0.15) is 11.8 Å². The van der Waals surface area contributed by atoms with Gasteiger partial charge in [-0.15, -0.1) is 0 Å². The molecule has 0 aromatic heterocycles. The molecule has 4 nitrogen and oxygen atoms in total. The number of primary amides is 1. The molecule has 14 heavy (non-hydrogen) atoms. The number of hydrogen-bond acceptors (Lipinski definition) is 3. The number of carbonyl (C=O) groups is 1. The highest BCUT2D eigenvalue weighted by molar-refractivity contribution is 8.00. The Kier molecular flexibility index (Phi) is 2.50. The van der Waals surface area contributed by atoms with Crippen LogP contribution >= 0.6 is 11.8 Å². The zero-order valence-corrected chi connectivity index (χ0v) is 8.56. The van der Waals surface area contributed by atoms with Gasteiger partial charge in [0.05, 0.1) is 5.25 Å². The second-order valence-corrected chi connectivity index (χ2v) is 4.81. The molecular weight excluding hydrogens is 198 g/mol. The van der Waals surface area contributed by atoms with E-state index in [1.54, 1.807) is 0 Å². The number of urea groups is 1. The predicted molar refractivity (Wildman–Crippen MR) is 57.5 cm³/mol. The van der Waals surface area contributed by atoms with Crippen molar-refractivity contribution in [2.75, 3.05) is 5.75 Å². The number of amides is 2. The minimum atomic E-state index is -0.500. The number of carbonyl (C=O) groups excluding carboxylic acids is 1. The molecular formula is C9H13N3OS. The zero-order valence-electron chi connectivity index (χ0n) is 7.75. The van der Waals surface area contributed by atoms with Crippen molar-refractivity contribution < 1.29 is 4.79 Å². The van der Waals surface area contributed by atoms with Crippen LogP contribution in [0, 0.1) is 11.3 Å². The summed E-state index contributed by atoms with van der Waals surface area (Å²) in [6.07, 6.45) is 3.59. The highest BCUT2D eigenvalue weighted by atomic mass is 32.2. The molecule has 0 bridgehead atoms. The minimum Gasteiger partial charge on any atom is -0.351 e. The van der Waals surface area contributed by atoms with Crippen LogP contribution in [0.5, 0.6) is 0 Å². The van der Waals surface area contributed by atoms with E-state index < -0.39 is 6.03 Å². The van der Waals surface area contributed by atoms with Gasteiger partial charge in [0.2, 0.25) is 0 Å². The molecule has 1 fully saturated rings. The van der Waals surface area contributed by atoms with Crippen molar-refractivity contribution in [2.45, 2.75) is 18.1 Å². The number of fused-ring (bicyclic) bond motifs is 1. The Morgan fingerprint density at radius 2 is 2.50 bits per heavy atom. The summed E-state index contributed by atoms with van der Waals surface area (Å²) in [5, 5.41) is 10.7. The molecule has 76 valence electrons. The highest BCUT2D eigenvalue weighted by Gasteiger charge is 2.36. The number of hydrogen-bond donors (Lipinski definition) is 3. The van der Waals surface area contributed by atoms with E-state index in [0.717, 1.165) is 23.6 Å². The minimum absolute atomic E-state index is 0.266. The Morgan fingerprint density at radius 3 is 3.21 bits per heavy atom. The van der Waals surface area contributed by atoms with Crippen LogP contribution in [0.15, 0.2) is 11.8 Å². The molecule has 0 spiro atoms. The second-order valence-electron chi connectivity index (χ2n) is 3.56. The Morgan fingerprint density at radius 1 is 1.71 bits per heavy atom. The fraction of sp³-hybridized carbons (Fsp3) is 0.556. The van der Waals surface area contributed by atoms with Crippen LogP contribution in [0.4, 0.5) is 4.79 Å². The maximum absolute atomic E-state index is 10.7. The summed E-state index contributed by atoms with van der Waals surface area (Å²) >= 11 is 1.81. The van der Waals surface area contributed by atoms with Crippen molar-refractivity contribution >= 4 is 23.5 Å². The van der Waals surface area contributed by atoms with Crippen LogP contribution in [0.25, 0.3) is 0 Å². The fourth-order valence-corrected chi connectivity index (χ4v) is 3.48. The molecule has 2 atom stereocenters. The van der Waals surface area contributed by atoms with E-state index in [1.165, 1.54) is 0 Å². The maximum Gasteiger partial charge on any atom is 0.316 e. The Hall–Kier alpha value is -0.970. The van der Waals surface area contributed by atoms with Gasteiger partial charge in [-0.1, -0.05) is 6.08 Å². The van der Waals surface area contributed by atoms with Crippen molar-refractivity contribution in [1.82, 2.24) is 5.32 Å². The summed E-state index contributed by atoms with van der Waals surface area (Å²) in [5.41, 5.74) is 6.78. The van der Waals surface area contributed by atoms with Crippen LogP contribution in [0.1, 0.15) is 12.8 Å². The summed E-state index contributed by atoms with van der Waals surface area (Å²) in [7, 11) is 0. The zero-order chi connectivity index (χ0) is 10.1. The molecule has 4 N–H and O–H groups in total. The first-order valence-corrected chi connectivity index (χ1v) is 5.69. The summed E-state index contributed by atoms with van der Waals surface area (Å²) in [4.78, 5) is 10.7. The predicted octanol–water partition coefficient (Wildman–Crippen LogP) is 1.08. The number of rotatable bonds is 1. The van der Waals surface area contributed by atoms with Crippen molar-refractivity contribution in [3.63, 3.8) is 0 Å². The molecule has 2 rings (SSSR count). The number of allylic oxidation sites excluding steroid dienone is 2. The van der Waals surface area contributed by atoms with E-state index in [0.29, 0.717) is 12.3 Å². The quantitative estimate of drug-likeness (QED) is 0.607. The van der Waals surface area contributed by atoms with Crippen LogP contribution in [0.3, 0.4) is 0 Å². The van der Waals surface area contributed by atoms with Gasteiger partial charge in [0, 0.05) is 23.7 Å². The van der Waals surface area contributed by atoms with Gasteiger partial charge in [-0.3, -0.25) is 0 Å². The topological polar surface area (TPSA) is 79.0 Å². The lowest BCUT2D eigenvalue weighted by atomic mass is 9.88. The van der Waals surface area contributed by atoms with Gasteiger partial charge in [-0.05, 0) is 12.2 Å². The van der Waals surface area contributed by atoms with Gasteiger partial charge in [0.25, 0.3) is 0 Å². The molecule has 2 aliphatic rings. The van der Waals surface area contributed by atoms with Gasteiger partial charge in [0.15, 0.2) is 0 Å². The largest absolute Gasteiger partial charge is 0.351 e. The average Bonchev–Trinajstić information content (AvgIpc) is 2.58. The van der Waals surface area contributed by atoms with Crippen molar-refractivity contribution in [1.29, 1.82) is 5.41 Å². The number of thioether (sulfide) groups is 1. The molecule has 2 amide bonds. The fourth-order valence-electron chi connectivity index (χ4n) is 2.02.